The fraction of sp³-hybridized carbons (Fsp3) is 0.429. The van der Waals surface area contributed by atoms with E-state index in [-0.39, 0.29) is 23.2 Å². The molecule has 2 heterocycles. The van der Waals surface area contributed by atoms with E-state index in [2.05, 4.69) is 6.92 Å². The third-order valence-electron chi connectivity index (χ3n) is 6.73. The molecule has 0 N–H and O–H groups in total. The second kappa shape index (κ2) is 13.4. The van der Waals surface area contributed by atoms with Gasteiger partial charge < -0.3 is 14.5 Å². The number of aromatic nitrogens is 2. The normalized spacial score (nSPS) is 13.4. The fourth-order valence-electron chi connectivity index (χ4n) is 4.56. The molecule has 4 rings (SSSR count). The molecule has 1 aliphatic rings. The molecule has 1 aliphatic heterocycles. The first-order valence-electron chi connectivity index (χ1n) is 13.4. The van der Waals surface area contributed by atoms with Crippen LogP contribution in [0.2, 0.25) is 0 Å². The van der Waals surface area contributed by atoms with E-state index in [4.69, 9.17) is 9.72 Å². The van der Waals surface area contributed by atoms with Gasteiger partial charge in [-0.25, -0.2) is 9.78 Å². The first-order valence-corrected chi connectivity index (χ1v) is 14.4. The lowest BCUT2D eigenvalue weighted by molar-refractivity contribution is -0.384. The van der Waals surface area contributed by atoms with Gasteiger partial charge in [0, 0.05) is 56.2 Å². The Morgan fingerprint density at radius 2 is 1.80 bits per heavy atom. The van der Waals surface area contributed by atoms with Crippen LogP contribution in [0.1, 0.15) is 49.0 Å². The van der Waals surface area contributed by atoms with E-state index in [1.54, 1.807) is 51.6 Å². The number of amides is 2. The lowest BCUT2D eigenvalue weighted by Crippen LogP contribution is -2.50. The molecule has 0 unspecified atom stereocenters. The minimum absolute atomic E-state index is 0.0103. The zero-order valence-electron chi connectivity index (χ0n) is 22.7. The molecule has 212 valence electrons. The van der Waals surface area contributed by atoms with E-state index < -0.39 is 4.92 Å². The van der Waals surface area contributed by atoms with Crippen molar-refractivity contribution in [1.82, 2.24) is 19.4 Å². The number of nitro groups is 1. The number of nitrogens with zero attached hydrogens (tertiary/aromatic N) is 5. The summed E-state index contributed by atoms with van der Waals surface area (Å²) in [5, 5.41) is 12.1. The predicted octanol–water partition coefficient (Wildman–Crippen LogP) is 4.70. The van der Waals surface area contributed by atoms with Gasteiger partial charge in [0.1, 0.15) is 0 Å². The number of non-ortho nitro benzene ring substituents is 1. The number of hydrogen-bond acceptors (Lipinski definition) is 8. The number of nitro benzene ring substituents is 1. The summed E-state index contributed by atoms with van der Waals surface area (Å²) in [6, 6.07) is 11.4. The quantitative estimate of drug-likeness (QED) is 0.113. The molecule has 0 aliphatic carbocycles. The summed E-state index contributed by atoms with van der Waals surface area (Å²) >= 11 is 1.34. The van der Waals surface area contributed by atoms with E-state index >= 15 is 0 Å². The average molecular weight is 568 g/mol. The number of carbonyl (C=O) groups is 2. The number of ether oxygens (including phenoxy) is 1. The highest BCUT2D eigenvalue weighted by molar-refractivity contribution is 7.98. The van der Waals surface area contributed by atoms with E-state index in [0.29, 0.717) is 66.7 Å². The molecule has 1 aromatic heterocycles. The van der Waals surface area contributed by atoms with Crippen molar-refractivity contribution >= 4 is 40.4 Å². The van der Waals surface area contributed by atoms with E-state index in [1.165, 1.54) is 23.9 Å². The topological polar surface area (TPSA) is 128 Å². The number of benzene rings is 2. The van der Waals surface area contributed by atoms with E-state index in [1.807, 2.05) is 0 Å². The SMILES string of the molecule is CCCCCn1c(SCc2cccc([N+](=O)[O-])c2)nc2cc(C(=O)N3CCN(C(=O)OCC)CC3)ccc2c1=O. The number of unbranched alkanes of at least 4 members (excludes halogenated alkanes) is 2. The van der Waals surface area contributed by atoms with E-state index in [9.17, 15) is 24.5 Å². The first kappa shape index (κ1) is 29.1. The lowest BCUT2D eigenvalue weighted by atomic mass is 10.1. The molecule has 11 nitrogen and oxygen atoms in total. The number of thioether (sulfide) groups is 1. The summed E-state index contributed by atoms with van der Waals surface area (Å²) in [5.41, 5.74) is 1.43. The Bertz CT molecular complexity index is 1450. The lowest BCUT2D eigenvalue weighted by Gasteiger charge is -2.34. The second-order valence-corrected chi connectivity index (χ2v) is 10.4. The van der Waals surface area contributed by atoms with Crippen LogP contribution in [0.4, 0.5) is 10.5 Å². The fourth-order valence-corrected chi connectivity index (χ4v) is 5.53. The van der Waals surface area contributed by atoms with Gasteiger partial charge in [0.15, 0.2) is 5.16 Å². The smallest absolute Gasteiger partial charge is 0.409 e. The molecule has 2 amide bonds. The van der Waals surface area contributed by atoms with Gasteiger partial charge in [-0.15, -0.1) is 0 Å². The predicted molar refractivity (Wildman–Crippen MR) is 153 cm³/mol. The van der Waals surface area contributed by atoms with Crippen LogP contribution in [0, 0.1) is 10.1 Å². The van der Waals surface area contributed by atoms with Crippen molar-refractivity contribution < 1.29 is 19.2 Å². The van der Waals surface area contributed by atoms with Crippen LogP contribution in [0.3, 0.4) is 0 Å². The summed E-state index contributed by atoms with van der Waals surface area (Å²) in [7, 11) is 0. The van der Waals surface area contributed by atoms with Crippen LogP contribution < -0.4 is 5.56 Å². The molecule has 2 aromatic carbocycles. The molecule has 1 saturated heterocycles. The Morgan fingerprint density at radius 3 is 2.50 bits per heavy atom. The number of fused-ring (bicyclic) bond motifs is 1. The van der Waals surface area contributed by atoms with Gasteiger partial charge in [-0.2, -0.15) is 0 Å². The van der Waals surface area contributed by atoms with Crippen LogP contribution in [0.15, 0.2) is 52.4 Å². The van der Waals surface area contributed by atoms with Crippen molar-refractivity contribution in [3.05, 3.63) is 74.1 Å². The molecule has 12 heteroatoms. The van der Waals surface area contributed by atoms with Gasteiger partial charge in [0.25, 0.3) is 17.2 Å². The van der Waals surface area contributed by atoms with Gasteiger partial charge in [-0.05, 0) is 37.1 Å². The monoisotopic (exact) mass is 567 g/mol. The van der Waals surface area contributed by atoms with Crippen molar-refractivity contribution in [2.75, 3.05) is 32.8 Å². The molecule has 40 heavy (non-hydrogen) atoms. The van der Waals surface area contributed by atoms with Crippen LogP contribution >= 0.6 is 11.8 Å². The standard InChI is InChI=1S/C28H33N5O6S/c1-3-5-6-12-32-26(35)23-11-10-21(25(34)30-13-15-31(16-14-30)28(36)39-4-2)18-24(23)29-27(32)40-19-20-8-7-9-22(17-20)33(37)38/h7-11,17-18H,3-6,12-16,19H2,1-2H3. The number of rotatable bonds is 10. The van der Waals surface area contributed by atoms with Crippen LogP contribution in [0.5, 0.6) is 0 Å². The minimum atomic E-state index is -0.432. The Hall–Kier alpha value is -3.93. The third-order valence-corrected chi connectivity index (χ3v) is 7.78. The molecule has 0 bridgehead atoms. The summed E-state index contributed by atoms with van der Waals surface area (Å²) < 4.78 is 6.71. The van der Waals surface area contributed by atoms with E-state index in [0.717, 1.165) is 24.8 Å². The Labute approximate surface area is 236 Å². The Balaban J connectivity index is 1.59. The van der Waals surface area contributed by atoms with Crippen molar-refractivity contribution in [2.24, 2.45) is 0 Å². The highest BCUT2D eigenvalue weighted by atomic mass is 32.2. The Morgan fingerprint density at radius 1 is 1.05 bits per heavy atom. The Kier molecular flexibility index (Phi) is 9.75. The summed E-state index contributed by atoms with van der Waals surface area (Å²) in [5.74, 6) is 0.210. The summed E-state index contributed by atoms with van der Waals surface area (Å²) in [6.07, 6.45) is 2.42. The minimum Gasteiger partial charge on any atom is -0.450 e. The molecule has 3 aromatic rings. The summed E-state index contributed by atoms with van der Waals surface area (Å²) in [4.78, 5) is 57.6. The second-order valence-electron chi connectivity index (χ2n) is 9.48. The number of piperazine rings is 1. The van der Waals surface area contributed by atoms with Crippen molar-refractivity contribution in [2.45, 2.75) is 50.6 Å². The highest BCUT2D eigenvalue weighted by Gasteiger charge is 2.26. The van der Waals surface area contributed by atoms with Crippen molar-refractivity contribution in [3.63, 3.8) is 0 Å². The molecule has 1 fully saturated rings. The maximum atomic E-state index is 13.5. The molecular weight excluding hydrogens is 534 g/mol. The number of hydrogen-bond donors (Lipinski definition) is 0. The first-order chi connectivity index (χ1) is 19.3. The zero-order chi connectivity index (χ0) is 28.6. The van der Waals surface area contributed by atoms with Crippen LogP contribution in [0.25, 0.3) is 10.9 Å². The molecule has 0 radical (unpaired) electrons. The molecule has 0 atom stereocenters. The maximum Gasteiger partial charge on any atom is 0.409 e. The number of carbonyl (C=O) groups excluding carboxylic acids is 2. The molecule has 0 saturated carbocycles. The summed E-state index contributed by atoms with van der Waals surface area (Å²) in [6.45, 7) is 6.19. The van der Waals surface area contributed by atoms with Gasteiger partial charge in [-0.1, -0.05) is 43.7 Å². The average Bonchev–Trinajstić information content (AvgIpc) is 2.97. The maximum absolute atomic E-state index is 13.5. The zero-order valence-corrected chi connectivity index (χ0v) is 23.5. The largest absolute Gasteiger partial charge is 0.450 e. The van der Waals surface area contributed by atoms with Crippen molar-refractivity contribution in [3.8, 4) is 0 Å². The third kappa shape index (κ3) is 6.79. The van der Waals surface area contributed by atoms with Crippen LogP contribution in [-0.4, -0.2) is 69.1 Å². The van der Waals surface area contributed by atoms with Gasteiger partial charge in [0.2, 0.25) is 0 Å². The van der Waals surface area contributed by atoms with Gasteiger partial charge in [-0.3, -0.25) is 24.3 Å². The highest BCUT2D eigenvalue weighted by Crippen LogP contribution is 2.25. The van der Waals surface area contributed by atoms with Crippen molar-refractivity contribution in [1.29, 1.82) is 0 Å². The van der Waals surface area contributed by atoms with Gasteiger partial charge >= 0.3 is 6.09 Å². The van der Waals surface area contributed by atoms with Gasteiger partial charge in [0.05, 0.1) is 22.4 Å². The molecular formula is C28H33N5O6S. The van der Waals surface area contributed by atoms with Crippen LogP contribution in [-0.2, 0) is 17.0 Å². The molecule has 0 spiro atoms.